The molecule has 0 unspecified atom stereocenters. The van der Waals surface area contributed by atoms with Crippen molar-refractivity contribution in [1.82, 2.24) is 24.2 Å². The fourth-order valence-corrected chi connectivity index (χ4v) is 2.75. The van der Waals surface area contributed by atoms with Crippen molar-refractivity contribution in [2.24, 2.45) is 7.05 Å². The van der Waals surface area contributed by atoms with Gasteiger partial charge in [-0.25, -0.2) is 4.98 Å². The molecule has 0 aromatic carbocycles. The molecule has 1 aliphatic heterocycles. The molecule has 1 fully saturated rings. The van der Waals surface area contributed by atoms with Gasteiger partial charge in [0, 0.05) is 32.5 Å². The van der Waals surface area contributed by atoms with Crippen molar-refractivity contribution in [3.8, 4) is 0 Å². The summed E-state index contributed by atoms with van der Waals surface area (Å²) < 4.78 is 9.52. The number of carbonyl (C=O) groups is 1. The van der Waals surface area contributed by atoms with Crippen LogP contribution in [0.3, 0.4) is 0 Å². The summed E-state index contributed by atoms with van der Waals surface area (Å²) in [5, 5.41) is 4.17. The molecule has 7 heteroatoms. The number of amides is 1. The summed E-state index contributed by atoms with van der Waals surface area (Å²) in [5.41, 5.74) is 1.58. The maximum atomic E-state index is 12.6. The van der Waals surface area contributed by atoms with Gasteiger partial charge in [-0.2, -0.15) is 5.10 Å². The van der Waals surface area contributed by atoms with Crippen molar-refractivity contribution in [2.45, 2.75) is 26.5 Å². The van der Waals surface area contributed by atoms with E-state index >= 15 is 0 Å². The van der Waals surface area contributed by atoms with E-state index in [1.54, 1.807) is 17.1 Å². The quantitative estimate of drug-likeness (QED) is 0.853. The molecule has 0 radical (unpaired) electrons. The molecule has 1 aliphatic rings. The molecule has 1 amide bonds. The topological polar surface area (TPSA) is 65.2 Å². The van der Waals surface area contributed by atoms with Gasteiger partial charge in [-0.05, 0) is 13.8 Å². The molecule has 1 saturated heterocycles. The molecule has 2 aromatic rings. The number of morpholine rings is 1. The lowest BCUT2D eigenvalue weighted by Gasteiger charge is -2.32. The third-order valence-corrected chi connectivity index (χ3v) is 3.88. The Balaban J connectivity index is 1.75. The van der Waals surface area contributed by atoms with Gasteiger partial charge in [-0.3, -0.25) is 9.48 Å². The highest BCUT2D eigenvalue weighted by Crippen LogP contribution is 2.22. The van der Waals surface area contributed by atoms with Crippen molar-refractivity contribution in [1.29, 1.82) is 0 Å². The summed E-state index contributed by atoms with van der Waals surface area (Å²) in [5.74, 6) is 0.859. The van der Waals surface area contributed by atoms with Gasteiger partial charge >= 0.3 is 0 Å². The Morgan fingerprint density at radius 1 is 1.45 bits per heavy atom. The Morgan fingerprint density at radius 3 is 2.91 bits per heavy atom. The predicted octanol–water partition coefficient (Wildman–Crippen LogP) is 1.16. The van der Waals surface area contributed by atoms with Crippen molar-refractivity contribution >= 4 is 5.91 Å². The number of aromatic nitrogens is 4. The third-order valence-electron chi connectivity index (χ3n) is 3.88. The number of carbonyl (C=O) groups excluding carboxylic acids is 1. The Labute approximate surface area is 129 Å². The number of nitrogens with zero attached hydrogens (tertiary/aromatic N) is 5. The van der Waals surface area contributed by atoms with Gasteiger partial charge in [0.1, 0.15) is 11.9 Å². The number of aryl methyl sites for hydroxylation is 3. The molecular formula is C15H21N5O2. The first-order valence-corrected chi connectivity index (χ1v) is 7.51. The highest BCUT2D eigenvalue weighted by atomic mass is 16.5. The SMILES string of the molecule is CCn1cc(C(=O)N2CCO[C@H](c3nc(C)cn3C)C2)cn1. The second kappa shape index (κ2) is 5.92. The number of hydrogen-bond acceptors (Lipinski definition) is 4. The number of rotatable bonds is 3. The minimum atomic E-state index is -0.183. The van der Waals surface area contributed by atoms with Crippen LogP contribution in [0.15, 0.2) is 18.6 Å². The van der Waals surface area contributed by atoms with Gasteiger partial charge in [0.15, 0.2) is 0 Å². The summed E-state index contributed by atoms with van der Waals surface area (Å²) in [6, 6.07) is 0. The third kappa shape index (κ3) is 2.76. The lowest BCUT2D eigenvalue weighted by molar-refractivity contribution is -0.0279. The van der Waals surface area contributed by atoms with Crippen LogP contribution >= 0.6 is 0 Å². The second-order valence-corrected chi connectivity index (χ2v) is 5.55. The number of ether oxygens (including phenoxy) is 1. The molecule has 0 bridgehead atoms. The summed E-state index contributed by atoms with van der Waals surface area (Å²) in [7, 11) is 1.95. The molecule has 0 N–H and O–H groups in total. The van der Waals surface area contributed by atoms with E-state index in [4.69, 9.17) is 4.74 Å². The zero-order valence-electron chi connectivity index (χ0n) is 13.2. The summed E-state index contributed by atoms with van der Waals surface area (Å²) in [4.78, 5) is 18.9. The fraction of sp³-hybridized carbons (Fsp3) is 0.533. The Bertz CT molecular complexity index is 675. The van der Waals surface area contributed by atoms with E-state index in [0.717, 1.165) is 18.1 Å². The normalized spacial score (nSPS) is 18.7. The van der Waals surface area contributed by atoms with Crippen LogP contribution in [0.25, 0.3) is 0 Å². The van der Waals surface area contributed by atoms with Crippen LogP contribution in [-0.4, -0.2) is 49.8 Å². The predicted molar refractivity (Wildman–Crippen MR) is 80.4 cm³/mol. The monoisotopic (exact) mass is 303 g/mol. The standard InChI is InChI=1S/C15H21N5O2/c1-4-20-9-12(7-16-20)15(21)19-5-6-22-13(10-19)14-17-11(2)8-18(14)3/h7-9,13H,4-6,10H2,1-3H3/t13-/m0/s1. The average molecular weight is 303 g/mol. The van der Waals surface area contributed by atoms with Crippen LogP contribution in [0.5, 0.6) is 0 Å². The molecule has 1 atom stereocenters. The van der Waals surface area contributed by atoms with Crippen LogP contribution in [0.1, 0.15) is 34.9 Å². The fourth-order valence-electron chi connectivity index (χ4n) is 2.75. The number of imidazole rings is 1. The lowest BCUT2D eigenvalue weighted by Crippen LogP contribution is -2.42. The molecule has 0 saturated carbocycles. The van der Waals surface area contributed by atoms with E-state index in [-0.39, 0.29) is 12.0 Å². The molecule has 3 heterocycles. The lowest BCUT2D eigenvalue weighted by atomic mass is 10.2. The average Bonchev–Trinajstić information content (AvgIpc) is 3.13. The summed E-state index contributed by atoms with van der Waals surface area (Å²) >= 11 is 0. The first kappa shape index (κ1) is 14.8. The molecule has 7 nitrogen and oxygen atoms in total. The van der Waals surface area contributed by atoms with Crippen LogP contribution in [0, 0.1) is 6.92 Å². The van der Waals surface area contributed by atoms with Gasteiger partial charge in [0.2, 0.25) is 0 Å². The van der Waals surface area contributed by atoms with E-state index in [0.29, 0.717) is 25.3 Å². The minimum absolute atomic E-state index is 0.000990. The zero-order valence-corrected chi connectivity index (χ0v) is 13.2. The maximum absolute atomic E-state index is 12.6. The van der Waals surface area contributed by atoms with Crippen LogP contribution in [-0.2, 0) is 18.3 Å². The van der Waals surface area contributed by atoms with Gasteiger partial charge in [-0.15, -0.1) is 0 Å². The van der Waals surface area contributed by atoms with E-state index < -0.39 is 0 Å². The molecule has 0 aliphatic carbocycles. The Morgan fingerprint density at radius 2 is 2.27 bits per heavy atom. The van der Waals surface area contributed by atoms with Crippen molar-refractivity contribution in [2.75, 3.05) is 19.7 Å². The van der Waals surface area contributed by atoms with E-state index in [9.17, 15) is 4.79 Å². The van der Waals surface area contributed by atoms with Crippen LogP contribution in [0.4, 0.5) is 0 Å². The molecule has 3 rings (SSSR count). The minimum Gasteiger partial charge on any atom is -0.367 e. The second-order valence-electron chi connectivity index (χ2n) is 5.55. The largest absolute Gasteiger partial charge is 0.367 e. The number of hydrogen-bond donors (Lipinski definition) is 0. The smallest absolute Gasteiger partial charge is 0.257 e. The van der Waals surface area contributed by atoms with Crippen LogP contribution in [0.2, 0.25) is 0 Å². The van der Waals surface area contributed by atoms with Gasteiger partial charge in [0.25, 0.3) is 5.91 Å². The van der Waals surface area contributed by atoms with Crippen LogP contribution < -0.4 is 0 Å². The molecular weight excluding hydrogens is 282 g/mol. The first-order chi connectivity index (χ1) is 10.6. The molecule has 2 aromatic heterocycles. The highest BCUT2D eigenvalue weighted by molar-refractivity contribution is 5.93. The van der Waals surface area contributed by atoms with Gasteiger partial charge in [0.05, 0.1) is 30.6 Å². The van der Waals surface area contributed by atoms with E-state index in [1.165, 1.54) is 0 Å². The van der Waals surface area contributed by atoms with Crippen molar-refractivity contribution in [3.05, 3.63) is 35.7 Å². The summed E-state index contributed by atoms with van der Waals surface area (Å²) in [6.07, 6.45) is 5.20. The zero-order chi connectivity index (χ0) is 15.7. The molecule has 0 spiro atoms. The molecule has 118 valence electrons. The van der Waals surface area contributed by atoms with Gasteiger partial charge < -0.3 is 14.2 Å². The van der Waals surface area contributed by atoms with E-state index in [1.807, 2.05) is 36.6 Å². The van der Waals surface area contributed by atoms with Crippen molar-refractivity contribution in [3.63, 3.8) is 0 Å². The molecule has 22 heavy (non-hydrogen) atoms. The Kier molecular flexibility index (Phi) is 3.98. The Hall–Kier alpha value is -2.15. The van der Waals surface area contributed by atoms with E-state index in [2.05, 4.69) is 10.1 Å². The van der Waals surface area contributed by atoms with Crippen molar-refractivity contribution < 1.29 is 9.53 Å². The highest BCUT2D eigenvalue weighted by Gasteiger charge is 2.29. The first-order valence-electron chi connectivity index (χ1n) is 7.51. The maximum Gasteiger partial charge on any atom is 0.257 e. The van der Waals surface area contributed by atoms with Gasteiger partial charge in [-0.1, -0.05) is 0 Å². The summed E-state index contributed by atoms with van der Waals surface area (Å²) in [6.45, 7) is 6.33.